The third-order valence-corrected chi connectivity index (χ3v) is 2.66. The van der Waals surface area contributed by atoms with Gasteiger partial charge in [-0.25, -0.2) is 9.78 Å². The number of aliphatic hydroxyl groups is 3. The molecule has 18 heavy (non-hydrogen) atoms. The molecule has 0 aliphatic carbocycles. The van der Waals surface area contributed by atoms with Gasteiger partial charge in [0.1, 0.15) is 18.3 Å². The lowest BCUT2D eigenvalue weighted by Gasteiger charge is -2.19. The highest BCUT2D eigenvalue weighted by atomic mass is 16.6. The van der Waals surface area contributed by atoms with Crippen LogP contribution in [0.4, 0.5) is 5.95 Å². The molecule has 1 aliphatic heterocycles. The Kier molecular flexibility index (Phi) is 3.35. The molecule has 1 aromatic rings. The average molecular weight is 254 g/mol. The highest BCUT2D eigenvalue weighted by molar-refractivity contribution is 6.29. The van der Waals surface area contributed by atoms with Crippen LogP contribution in [0.5, 0.6) is 0 Å². The summed E-state index contributed by atoms with van der Waals surface area (Å²) in [4.78, 5) is 18.5. The van der Waals surface area contributed by atoms with E-state index in [2.05, 4.69) is 9.97 Å². The van der Waals surface area contributed by atoms with E-state index in [0.717, 1.165) is 4.57 Å². The number of nitrogen functional groups attached to an aromatic ring is 1. The second-order valence-corrected chi connectivity index (χ2v) is 3.82. The molecule has 1 aliphatic rings. The number of anilines is 1. The molecule has 2 radical (unpaired) electrons. The van der Waals surface area contributed by atoms with Crippen LogP contribution in [0.25, 0.3) is 0 Å². The number of aliphatic hydroxyl groups excluding tert-OH is 3. The van der Waals surface area contributed by atoms with Gasteiger partial charge in [-0.3, -0.25) is 4.57 Å². The van der Waals surface area contributed by atoms with Gasteiger partial charge in [0, 0.05) is 0 Å². The van der Waals surface area contributed by atoms with Gasteiger partial charge in [0.25, 0.3) is 0 Å². The second-order valence-electron chi connectivity index (χ2n) is 3.82. The first-order valence-corrected chi connectivity index (χ1v) is 5.09. The van der Waals surface area contributed by atoms with Gasteiger partial charge in [0.15, 0.2) is 14.1 Å². The third kappa shape index (κ3) is 1.99. The number of nitrogens with two attached hydrogens (primary N) is 1. The molecular weight excluding hydrogens is 243 g/mol. The van der Waals surface area contributed by atoms with Crippen molar-refractivity contribution in [1.82, 2.24) is 14.5 Å². The second kappa shape index (κ2) is 4.65. The summed E-state index contributed by atoms with van der Waals surface area (Å²) in [5, 5.41) is 28.2. The van der Waals surface area contributed by atoms with Crippen molar-refractivity contribution in [2.24, 2.45) is 0 Å². The van der Waals surface area contributed by atoms with Crippen LogP contribution < -0.4 is 17.1 Å². The summed E-state index contributed by atoms with van der Waals surface area (Å²) in [7, 11) is 5.49. The van der Waals surface area contributed by atoms with Gasteiger partial charge in [-0.2, -0.15) is 4.98 Å². The van der Waals surface area contributed by atoms with Gasteiger partial charge < -0.3 is 25.8 Å². The van der Waals surface area contributed by atoms with Crippen molar-refractivity contribution in [2.45, 2.75) is 24.5 Å². The normalized spacial score (nSPS) is 31.7. The van der Waals surface area contributed by atoms with E-state index in [1.807, 2.05) is 0 Å². The Morgan fingerprint density at radius 2 is 2.06 bits per heavy atom. The van der Waals surface area contributed by atoms with Crippen LogP contribution in [-0.4, -0.2) is 62.6 Å². The molecule has 0 saturated carbocycles. The van der Waals surface area contributed by atoms with Crippen molar-refractivity contribution < 1.29 is 20.1 Å². The van der Waals surface area contributed by atoms with E-state index in [0.29, 0.717) is 0 Å². The Hall–Kier alpha value is -1.49. The predicted molar refractivity (Wildman–Crippen MR) is 59.1 cm³/mol. The van der Waals surface area contributed by atoms with E-state index in [-0.39, 0.29) is 11.7 Å². The average Bonchev–Trinajstić information content (AvgIpc) is 2.56. The number of rotatable bonds is 2. The zero-order valence-electron chi connectivity index (χ0n) is 9.17. The van der Waals surface area contributed by atoms with Gasteiger partial charge in [0.05, 0.1) is 12.3 Å². The van der Waals surface area contributed by atoms with E-state index >= 15 is 0 Å². The Morgan fingerprint density at radius 1 is 1.39 bits per heavy atom. The molecule has 0 amide bonds. The van der Waals surface area contributed by atoms with E-state index in [4.69, 9.17) is 23.4 Å². The largest absolute Gasteiger partial charge is 0.394 e. The van der Waals surface area contributed by atoms with Crippen molar-refractivity contribution in [1.29, 1.82) is 0 Å². The number of nitrogens with zero attached hydrogens (tertiary/aromatic N) is 3. The molecule has 9 nitrogen and oxygen atoms in total. The highest BCUT2D eigenvalue weighted by Gasteiger charge is 2.44. The third-order valence-electron chi connectivity index (χ3n) is 2.66. The first-order valence-electron chi connectivity index (χ1n) is 5.09. The molecule has 1 aromatic heterocycles. The monoisotopic (exact) mass is 254 g/mol. The summed E-state index contributed by atoms with van der Waals surface area (Å²) in [6.07, 6.45) is -5.07. The topological polar surface area (TPSA) is 144 Å². The van der Waals surface area contributed by atoms with Gasteiger partial charge in [0.2, 0.25) is 5.95 Å². The number of hydrogen-bond donors (Lipinski definition) is 4. The molecule has 0 bridgehead atoms. The van der Waals surface area contributed by atoms with Crippen LogP contribution in [0, 0.1) is 0 Å². The molecule has 1 fully saturated rings. The Bertz CT molecular complexity index is 509. The molecule has 5 N–H and O–H groups in total. The first-order chi connectivity index (χ1) is 8.45. The van der Waals surface area contributed by atoms with Crippen molar-refractivity contribution >= 4 is 19.5 Å². The van der Waals surface area contributed by atoms with Crippen LogP contribution in [0.2, 0.25) is 0 Å². The maximum absolute atomic E-state index is 11.6. The van der Waals surface area contributed by atoms with Crippen LogP contribution in [0.15, 0.2) is 4.79 Å². The molecule has 96 valence electrons. The van der Waals surface area contributed by atoms with Crippen LogP contribution >= 0.6 is 0 Å². The zero-order chi connectivity index (χ0) is 13.4. The summed E-state index contributed by atoms with van der Waals surface area (Å²) in [5.74, 6) is -0.305. The highest BCUT2D eigenvalue weighted by Crippen LogP contribution is 2.27. The van der Waals surface area contributed by atoms with Crippen LogP contribution in [-0.2, 0) is 4.74 Å². The van der Waals surface area contributed by atoms with E-state index in [9.17, 15) is 15.0 Å². The van der Waals surface area contributed by atoms with Gasteiger partial charge in [-0.1, -0.05) is 0 Å². The van der Waals surface area contributed by atoms with E-state index < -0.39 is 36.8 Å². The molecule has 2 unspecified atom stereocenters. The quantitative estimate of drug-likeness (QED) is 0.387. The fourth-order valence-electron chi connectivity index (χ4n) is 1.78. The summed E-state index contributed by atoms with van der Waals surface area (Å²) >= 11 is 0. The Labute approximate surface area is 102 Å². The lowest BCUT2D eigenvalue weighted by Crippen LogP contribution is -2.44. The van der Waals surface area contributed by atoms with Crippen molar-refractivity contribution in [2.75, 3.05) is 12.3 Å². The summed E-state index contributed by atoms with van der Waals surface area (Å²) in [6.45, 7) is -0.515. The molecular formula is C8H11BN4O5. The van der Waals surface area contributed by atoms with Gasteiger partial charge in [-0.15, -0.1) is 0 Å². The lowest BCUT2D eigenvalue weighted by atomic mass is 10.1. The molecule has 2 heterocycles. The fourth-order valence-corrected chi connectivity index (χ4v) is 1.78. The maximum Gasteiger partial charge on any atom is 0.353 e. The summed E-state index contributed by atoms with van der Waals surface area (Å²) < 4.78 is 5.90. The molecule has 4 atom stereocenters. The number of ether oxygens (including phenoxy) is 1. The maximum atomic E-state index is 11.6. The zero-order valence-corrected chi connectivity index (χ0v) is 9.17. The van der Waals surface area contributed by atoms with Crippen LogP contribution in [0.1, 0.15) is 6.23 Å². The lowest BCUT2D eigenvalue weighted by molar-refractivity contribution is -0.0537. The molecule has 10 heteroatoms. The predicted octanol–water partition coefficient (Wildman–Crippen LogP) is -4.37. The molecule has 1 saturated heterocycles. The molecule has 0 spiro atoms. The van der Waals surface area contributed by atoms with E-state index in [1.165, 1.54) is 0 Å². The Balaban J connectivity index is 2.42. The first kappa shape index (κ1) is 13.0. The standard InChI is InChI=1S/C8H11BN4O5/c9-6-11-7(10)12-8(17)13(6)5-4(16)3(15)2(1-14)18-5/h2-5,14-16H,1H2,(H2,10,12,17)/t2-,3?,4?,5-/m1/s1. The van der Waals surface area contributed by atoms with Crippen molar-refractivity contribution in [3.05, 3.63) is 10.5 Å². The number of hydrogen-bond acceptors (Lipinski definition) is 8. The number of aromatic nitrogens is 3. The minimum atomic E-state index is -1.44. The van der Waals surface area contributed by atoms with Gasteiger partial charge >= 0.3 is 5.69 Å². The van der Waals surface area contributed by atoms with Crippen molar-refractivity contribution in [3.8, 4) is 0 Å². The molecule has 0 aromatic carbocycles. The molecule has 2 rings (SSSR count). The van der Waals surface area contributed by atoms with Gasteiger partial charge in [-0.05, 0) is 0 Å². The Morgan fingerprint density at radius 3 is 2.56 bits per heavy atom. The van der Waals surface area contributed by atoms with Crippen molar-refractivity contribution in [3.63, 3.8) is 0 Å². The fraction of sp³-hybridized carbons (Fsp3) is 0.625. The summed E-state index contributed by atoms with van der Waals surface area (Å²) in [5.41, 5.74) is 4.06. The SMILES string of the molecule is [B]c1nc(N)nc(=O)n1[C@@H]1O[C@H](CO)C(O)C1O. The minimum absolute atomic E-state index is 0.303. The smallest absolute Gasteiger partial charge is 0.353 e. The minimum Gasteiger partial charge on any atom is -0.394 e. The van der Waals surface area contributed by atoms with Crippen LogP contribution in [0.3, 0.4) is 0 Å². The van der Waals surface area contributed by atoms with E-state index in [1.54, 1.807) is 0 Å². The summed E-state index contributed by atoms with van der Waals surface area (Å²) in [6, 6.07) is 0.